The molecule has 0 spiro atoms. The highest BCUT2D eigenvalue weighted by Gasteiger charge is 2.12. The Hall–Kier alpha value is -1.42. The van der Waals surface area contributed by atoms with Crippen molar-refractivity contribution in [3.63, 3.8) is 0 Å². The van der Waals surface area contributed by atoms with Crippen LogP contribution in [0.2, 0.25) is 0 Å². The van der Waals surface area contributed by atoms with E-state index in [4.69, 9.17) is 5.11 Å². The van der Waals surface area contributed by atoms with E-state index in [2.05, 4.69) is 5.32 Å². The largest absolute Gasteiger partial charge is 0.396 e. The van der Waals surface area contributed by atoms with Gasteiger partial charge in [-0.2, -0.15) is 0 Å². The van der Waals surface area contributed by atoms with Gasteiger partial charge in [0.1, 0.15) is 5.82 Å². The average molecular weight is 253 g/mol. The standard InChI is InChI=1S/C14H20FNO2/c1-3-11(6-7-17)9-16-14(18)13-5-4-12(15)8-10(13)2/h4-5,8,11,17H,3,6-7,9H2,1-2H3,(H,16,18). The average Bonchev–Trinajstić information content (AvgIpc) is 2.34. The molecule has 1 unspecified atom stereocenters. The van der Waals surface area contributed by atoms with Crippen molar-refractivity contribution in [1.82, 2.24) is 5.32 Å². The lowest BCUT2D eigenvalue weighted by molar-refractivity contribution is 0.0943. The SMILES string of the molecule is CCC(CCO)CNC(=O)c1ccc(F)cc1C. The number of nitrogens with one attached hydrogen (secondary N) is 1. The molecule has 0 aliphatic heterocycles. The summed E-state index contributed by atoms with van der Waals surface area (Å²) >= 11 is 0. The van der Waals surface area contributed by atoms with Crippen LogP contribution in [-0.4, -0.2) is 24.2 Å². The van der Waals surface area contributed by atoms with Gasteiger partial charge in [0, 0.05) is 18.7 Å². The number of benzene rings is 1. The van der Waals surface area contributed by atoms with Crippen LogP contribution in [0.4, 0.5) is 4.39 Å². The van der Waals surface area contributed by atoms with Gasteiger partial charge in [-0.1, -0.05) is 13.3 Å². The Morgan fingerprint density at radius 3 is 2.78 bits per heavy atom. The summed E-state index contributed by atoms with van der Waals surface area (Å²) in [5.74, 6) is -0.251. The van der Waals surface area contributed by atoms with Crippen molar-refractivity contribution in [2.45, 2.75) is 26.7 Å². The predicted octanol–water partition coefficient (Wildman–Crippen LogP) is 2.27. The molecule has 0 aromatic heterocycles. The van der Waals surface area contributed by atoms with Crippen LogP contribution in [0.1, 0.15) is 35.7 Å². The number of aliphatic hydroxyl groups is 1. The Labute approximate surface area is 107 Å². The summed E-state index contributed by atoms with van der Waals surface area (Å²) in [4.78, 5) is 11.9. The number of aryl methyl sites for hydroxylation is 1. The summed E-state index contributed by atoms with van der Waals surface area (Å²) in [6.45, 7) is 4.40. The molecule has 0 radical (unpaired) electrons. The number of carbonyl (C=O) groups excluding carboxylic acids is 1. The van der Waals surface area contributed by atoms with Crippen LogP contribution in [0.15, 0.2) is 18.2 Å². The smallest absolute Gasteiger partial charge is 0.251 e. The first-order valence-corrected chi connectivity index (χ1v) is 6.23. The Bertz CT molecular complexity index is 407. The van der Waals surface area contributed by atoms with Crippen LogP contribution in [0.5, 0.6) is 0 Å². The van der Waals surface area contributed by atoms with E-state index < -0.39 is 0 Å². The molecule has 0 aliphatic carbocycles. The molecule has 18 heavy (non-hydrogen) atoms. The molecule has 0 saturated carbocycles. The van der Waals surface area contributed by atoms with E-state index in [1.165, 1.54) is 18.2 Å². The van der Waals surface area contributed by atoms with Crippen molar-refractivity contribution in [3.05, 3.63) is 35.1 Å². The van der Waals surface area contributed by atoms with Gasteiger partial charge < -0.3 is 10.4 Å². The molecule has 0 heterocycles. The van der Waals surface area contributed by atoms with Crippen LogP contribution >= 0.6 is 0 Å². The molecule has 100 valence electrons. The highest BCUT2D eigenvalue weighted by molar-refractivity contribution is 5.95. The molecule has 1 aromatic carbocycles. The Morgan fingerprint density at radius 1 is 1.50 bits per heavy atom. The van der Waals surface area contributed by atoms with E-state index in [-0.39, 0.29) is 24.2 Å². The van der Waals surface area contributed by atoms with Gasteiger partial charge in [-0.3, -0.25) is 4.79 Å². The lowest BCUT2D eigenvalue weighted by Gasteiger charge is -2.15. The van der Waals surface area contributed by atoms with Crippen molar-refractivity contribution in [2.75, 3.05) is 13.2 Å². The predicted molar refractivity (Wildman–Crippen MR) is 69.0 cm³/mol. The molecule has 1 rings (SSSR count). The van der Waals surface area contributed by atoms with Gasteiger partial charge in [0.25, 0.3) is 5.91 Å². The first-order valence-electron chi connectivity index (χ1n) is 6.23. The normalized spacial score (nSPS) is 12.2. The van der Waals surface area contributed by atoms with E-state index in [1.54, 1.807) is 6.92 Å². The molecule has 2 N–H and O–H groups in total. The van der Waals surface area contributed by atoms with Gasteiger partial charge >= 0.3 is 0 Å². The number of amides is 1. The summed E-state index contributed by atoms with van der Waals surface area (Å²) in [7, 11) is 0. The molecule has 1 atom stereocenters. The Morgan fingerprint density at radius 2 is 2.22 bits per heavy atom. The molecule has 1 aromatic rings. The van der Waals surface area contributed by atoms with Crippen molar-refractivity contribution in [1.29, 1.82) is 0 Å². The van der Waals surface area contributed by atoms with Crippen LogP contribution in [0.3, 0.4) is 0 Å². The van der Waals surface area contributed by atoms with E-state index in [1.807, 2.05) is 6.92 Å². The molecule has 0 bridgehead atoms. The molecule has 0 aliphatic rings. The zero-order chi connectivity index (χ0) is 13.5. The fraction of sp³-hybridized carbons (Fsp3) is 0.500. The maximum Gasteiger partial charge on any atom is 0.251 e. The van der Waals surface area contributed by atoms with Crippen LogP contribution in [-0.2, 0) is 0 Å². The fourth-order valence-electron chi connectivity index (χ4n) is 1.85. The minimum absolute atomic E-state index is 0.129. The number of halogens is 1. The molecule has 4 heteroatoms. The first-order chi connectivity index (χ1) is 8.58. The first kappa shape index (κ1) is 14.6. The number of hydrogen-bond donors (Lipinski definition) is 2. The minimum Gasteiger partial charge on any atom is -0.396 e. The summed E-state index contributed by atoms with van der Waals surface area (Å²) in [5.41, 5.74) is 1.12. The zero-order valence-electron chi connectivity index (χ0n) is 10.9. The third kappa shape index (κ3) is 4.11. The van der Waals surface area contributed by atoms with Crippen molar-refractivity contribution >= 4 is 5.91 Å². The highest BCUT2D eigenvalue weighted by Crippen LogP contribution is 2.11. The van der Waals surface area contributed by atoms with Crippen molar-refractivity contribution in [3.8, 4) is 0 Å². The van der Waals surface area contributed by atoms with E-state index in [0.717, 1.165) is 6.42 Å². The lowest BCUT2D eigenvalue weighted by atomic mass is 10.0. The molecule has 0 saturated heterocycles. The second-order valence-corrected chi connectivity index (χ2v) is 4.46. The van der Waals surface area contributed by atoms with Crippen molar-refractivity contribution < 1.29 is 14.3 Å². The number of carbonyl (C=O) groups is 1. The van der Waals surface area contributed by atoms with E-state index >= 15 is 0 Å². The van der Waals surface area contributed by atoms with Gasteiger partial charge in [-0.15, -0.1) is 0 Å². The lowest BCUT2D eigenvalue weighted by Crippen LogP contribution is -2.30. The summed E-state index contributed by atoms with van der Waals surface area (Å²) in [6, 6.07) is 4.12. The van der Waals surface area contributed by atoms with Crippen LogP contribution in [0.25, 0.3) is 0 Å². The van der Waals surface area contributed by atoms with E-state index in [0.29, 0.717) is 24.1 Å². The third-order valence-electron chi connectivity index (χ3n) is 3.10. The monoisotopic (exact) mass is 253 g/mol. The quantitative estimate of drug-likeness (QED) is 0.817. The topological polar surface area (TPSA) is 49.3 Å². The van der Waals surface area contributed by atoms with Gasteiger partial charge in [-0.25, -0.2) is 4.39 Å². The number of hydrogen-bond acceptors (Lipinski definition) is 2. The van der Waals surface area contributed by atoms with Gasteiger partial charge in [-0.05, 0) is 43.0 Å². The van der Waals surface area contributed by atoms with E-state index in [9.17, 15) is 9.18 Å². The number of rotatable bonds is 6. The van der Waals surface area contributed by atoms with Gasteiger partial charge in [0.15, 0.2) is 0 Å². The Kier molecular flexibility index (Phi) is 5.78. The fourth-order valence-corrected chi connectivity index (χ4v) is 1.85. The minimum atomic E-state index is -0.337. The highest BCUT2D eigenvalue weighted by atomic mass is 19.1. The Balaban J connectivity index is 2.59. The van der Waals surface area contributed by atoms with Gasteiger partial charge in [0.2, 0.25) is 0 Å². The van der Waals surface area contributed by atoms with Gasteiger partial charge in [0.05, 0.1) is 0 Å². The summed E-state index contributed by atoms with van der Waals surface area (Å²) < 4.78 is 12.9. The molecule has 3 nitrogen and oxygen atoms in total. The summed E-state index contributed by atoms with van der Waals surface area (Å²) in [6.07, 6.45) is 1.59. The molecular weight excluding hydrogens is 233 g/mol. The third-order valence-corrected chi connectivity index (χ3v) is 3.10. The van der Waals surface area contributed by atoms with Crippen LogP contribution in [0, 0.1) is 18.7 Å². The maximum absolute atomic E-state index is 12.9. The second-order valence-electron chi connectivity index (χ2n) is 4.46. The maximum atomic E-state index is 12.9. The van der Waals surface area contributed by atoms with Crippen LogP contribution < -0.4 is 5.32 Å². The molecule has 1 amide bonds. The van der Waals surface area contributed by atoms with Crippen molar-refractivity contribution in [2.24, 2.45) is 5.92 Å². The summed E-state index contributed by atoms with van der Waals surface area (Å²) in [5, 5.41) is 11.7. The second kappa shape index (κ2) is 7.11. The zero-order valence-corrected chi connectivity index (χ0v) is 10.9. The number of aliphatic hydroxyl groups excluding tert-OH is 1. The molecular formula is C14H20FNO2. The molecule has 0 fully saturated rings.